The summed E-state index contributed by atoms with van der Waals surface area (Å²) in [5.41, 5.74) is 1.33. The maximum atomic E-state index is 12.6. The number of aromatic hydroxyl groups is 4. The fourth-order valence-electron chi connectivity index (χ4n) is 3.30. The van der Waals surface area contributed by atoms with E-state index in [1.807, 2.05) is 0 Å². The Morgan fingerprint density at radius 1 is 0.644 bits per heavy atom. The van der Waals surface area contributed by atoms with Gasteiger partial charge in [0.05, 0.1) is 5.56 Å². The van der Waals surface area contributed by atoms with Gasteiger partial charge in [-0.3, -0.25) is 19.2 Å². The van der Waals surface area contributed by atoms with E-state index in [2.05, 4.69) is 0 Å². The topological polar surface area (TPSA) is 266 Å². The van der Waals surface area contributed by atoms with E-state index in [0.717, 1.165) is 27.7 Å². The van der Waals surface area contributed by atoms with Gasteiger partial charge < -0.3 is 50.3 Å². The Hall–Kier alpha value is -5.99. The number of hydrogen-bond donors (Lipinski definition) is 8. The van der Waals surface area contributed by atoms with E-state index in [4.69, 9.17) is 49.1 Å². The maximum absolute atomic E-state index is 12.6. The van der Waals surface area contributed by atoms with E-state index >= 15 is 0 Å². The zero-order valence-corrected chi connectivity index (χ0v) is 24.6. The fraction of sp³-hybridized carbons (Fsp3) is 0.233. The normalized spacial score (nSPS) is 13.7. The molecule has 3 aromatic carbocycles. The molecule has 244 valence electrons. The van der Waals surface area contributed by atoms with Crippen molar-refractivity contribution in [2.24, 2.45) is 0 Å². The quantitative estimate of drug-likeness (QED) is 0.191. The van der Waals surface area contributed by atoms with Gasteiger partial charge in [-0.25, -0.2) is 4.79 Å². The summed E-state index contributed by atoms with van der Waals surface area (Å²) in [6.45, 7) is 4.33. The van der Waals surface area contributed by atoms with Gasteiger partial charge >= 0.3 is 5.97 Å². The van der Waals surface area contributed by atoms with Crippen LogP contribution in [0.1, 0.15) is 55.3 Å². The van der Waals surface area contributed by atoms with Gasteiger partial charge in [0, 0.05) is 51.8 Å². The predicted octanol–water partition coefficient (Wildman–Crippen LogP) is 3.77. The van der Waals surface area contributed by atoms with Crippen LogP contribution in [-0.2, 0) is 30.3 Å². The number of esters is 1. The van der Waals surface area contributed by atoms with Crippen molar-refractivity contribution in [3.05, 3.63) is 77.4 Å². The van der Waals surface area contributed by atoms with Crippen molar-refractivity contribution in [3.8, 4) is 28.7 Å². The van der Waals surface area contributed by atoms with Gasteiger partial charge in [-0.1, -0.05) is 12.1 Å². The molecule has 15 heteroatoms. The van der Waals surface area contributed by atoms with Crippen LogP contribution in [0.3, 0.4) is 0 Å². The minimum Gasteiger partial charge on any atom is -0.508 e. The molecule has 0 bridgehead atoms. The highest BCUT2D eigenvalue weighted by atomic mass is 16.6. The number of ether oxygens (including phenoxy) is 2. The van der Waals surface area contributed by atoms with Gasteiger partial charge in [0.15, 0.2) is 6.10 Å². The van der Waals surface area contributed by atoms with E-state index in [9.17, 15) is 25.2 Å². The Morgan fingerprint density at radius 2 is 1.04 bits per heavy atom. The lowest BCUT2D eigenvalue weighted by molar-refractivity contribution is -0.135. The molecule has 0 spiro atoms. The monoisotopic (exact) mass is 634 g/mol. The molecule has 1 aliphatic rings. The molecule has 2 atom stereocenters. The number of carboxylic acid groups (broad SMARTS) is 4. The third-order valence-electron chi connectivity index (χ3n) is 4.75. The van der Waals surface area contributed by atoms with Gasteiger partial charge in [-0.15, -0.1) is 0 Å². The largest absolute Gasteiger partial charge is 0.508 e. The molecule has 1 aliphatic heterocycles. The highest BCUT2D eigenvalue weighted by Crippen LogP contribution is 2.43. The number of benzene rings is 3. The summed E-state index contributed by atoms with van der Waals surface area (Å²) in [6, 6.07) is 14.5. The van der Waals surface area contributed by atoms with Crippen molar-refractivity contribution in [3.63, 3.8) is 0 Å². The van der Waals surface area contributed by atoms with Crippen molar-refractivity contribution in [2.45, 2.75) is 46.3 Å². The summed E-state index contributed by atoms with van der Waals surface area (Å²) < 4.78 is 11.6. The Labute approximate surface area is 256 Å². The van der Waals surface area contributed by atoms with Crippen LogP contribution in [0.15, 0.2) is 60.7 Å². The average molecular weight is 635 g/mol. The summed E-state index contributed by atoms with van der Waals surface area (Å²) in [5.74, 6) is -3.84. The molecule has 0 saturated carbocycles. The highest BCUT2D eigenvalue weighted by molar-refractivity contribution is 5.89. The SMILES string of the molecule is CC(=O)O.CC(=O)O.CC(=O)O.CC(=O)O.O=C(OC1Cc2c(O)cc(O)cc2OC1c1ccc(O)cc1)c1ccc(O)cc1. The molecule has 3 aromatic rings. The zero-order valence-electron chi connectivity index (χ0n) is 24.6. The first-order valence-electron chi connectivity index (χ1n) is 12.6. The van der Waals surface area contributed by atoms with Crippen molar-refractivity contribution in [2.75, 3.05) is 0 Å². The van der Waals surface area contributed by atoms with Crippen LogP contribution in [0, 0.1) is 0 Å². The third kappa shape index (κ3) is 16.9. The molecule has 0 saturated heterocycles. The number of phenolic OH excluding ortho intramolecular Hbond substituents is 4. The lowest BCUT2D eigenvalue weighted by Gasteiger charge is -2.34. The number of phenols is 4. The van der Waals surface area contributed by atoms with Crippen LogP contribution >= 0.6 is 0 Å². The second-order valence-electron chi connectivity index (χ2n) is 8.84. The number of carbonyl (C=O) groups is 5. The van der Waals surface area contributed by atoms with E-state index in [0.29, 0.717) is 11.1 Å². The summed E-state index contributed by atoms with van der Waals surface area (Å²) in [4.78, 5) is 48.6. The van der Waals surface area contributed by atoms with Crippen LogP contribution < -0.4 is 4.74 Å². The van der Waals surface area contributed by atoms with Crippen molar-refractivity contribution >= 4 is 29.8 Å². The van der Waals surface area contributed by atoms with Crippen LogP contribution in [-0.4, -0.2) is 76.8 Å². The number of aliphatic carboxylic acids is 4. The molecule has 4 rings (SSSR count). The van der Waals surface area contributed by atoms with Gasteiger partial charge in [0.1, 0.15) is 34.9 Å². The Morgan fingerprint density at radius 3 is 1.47 bits per heavy atom. The summed E-state index contributed by atoms with van der Waals surface area (Å²) in [7, 11) is 0. The van der Waals surface area contributed by atoms with Gasteiger partial charge in [0.2, 0.25) is 0 Å². The first-order chi connectivity index (χ1) is 20.8. The molecule has 45 heavy (non-hydrogen) atoms. The van der Waals surface area contributed by atoms with E-state index in [-0.39, 0.29) is 40.7 Å². The zero-order chi connectivity index (χ0) is 34.9. The van der Waals surface area contributed by atoms with Crippen LogP contribution in [0.5, 0.6) is 28.7 Å². The van der Waals surface area contributed by atoms with Crippen molar-refractivity contribution in [1.29, 1.82) is 0 Å². The molecule has 0 radical (unpaired) electrons. The minimum absolute atomic E-state index is 0.0307. The van der Waals surface area contributed by atoms with Crippen LogP contribution in [0.4, 0.5) is 0 Å². The standard InChI is InChI=1S/C22H18O7.4C2H4O2/c23-14-5-1-12(2-6-14)21-20(29-22(27)13-3-7-15(24)8-4-13)11-17-18(26)9-16(25)10-19(17)28-21;4*1-2(3)4/h1-10,20-21,23-26H,11H2;4*1H3,(H,3,4). The van der Waals surface area contributed by atoms with Gasteiger partial charge in [0.25, 0.3) is 23.9 Å². The molecule has 0 amide bonds. The van der Waals surface area contributed by atoms with Crippen molar-refractivity contribution in [1.82, 2.24) is 0 Å². The number of rotatable bonds is 3. The van der Waals surface area contributed by atoms with Crippen LogP contribution in [0.25, 0.3) is 0 Å². The van der Waals surface area contributed by atoms with E-state index < -0.39 is 42.1 Å². The first kappa shape index (κ1) is 39.0. The Kier molecular flexibility index (Phi) is 16.7. The second-order valence-corrected chi connectivity index (χ2v) is 8.84. The molecule has 1 heterocycles. The van der Waals surface area contributed by atoms with Crippen LogP contribution in [0.2, 0.25) is 0 Å². The number of fused-ring (bicyclic) bond motifs is 1. The summed E-state index contributed by atoms with van der Waals surface area (Å²) in [6.07, 6.45) is -1.33. The second kappa shape index (κ2) is 19.2. The molecule has 0 aliphatic carbocycles. The average Bonchev–Trinajstić information content (AvgIpc) is 2.88. The Bertz CT molecular complexity index is 1370. The molecular weight excluding hydrogens is 600 g/mol. The first-order valence-corrected chi connectivity index (χ1v) is 12.6. The molecular formula is C30H34O15. The number of carbonyl (C=O) groups excluding carboxylic acids is 1. The number of hydrogen-bond acceptors (Lipinski definition) is 11. The maximum Gasteiger partial charge on any atom is 0.338 e. The van der Waals surface area contributed by atoms with E-state index in [1.165, 1.54) is 48.5 Å². The Balaban J connectivity index is 0.00000101. The fourth-order valence-corrected chi connectivity index (χ4v) is 3.30. The molecule has 0 aromatic heterocycles. The smallest absolute Gasteiger partial charge is 0.338 e. The minimum atomic E-state index is -0.833. The number of carboxylic acids is 4. The molecule has 15 nitrogen and oxygen atoms in total. The van der Waals surface area contributed by atoms with Crippen molar-refractivity contribution < 1.29 is 74.3 Å². The van der Waals surface area contributed by atoms with Gasteiger partial charge in [-0.05, 0) is 42.0 Å². The summed E-state index contributed by atoms with van der Waals surface area (Å²) in [5, 5.41) is 68.6. The lowest BCUT2D eigenvalue weighted by Crippen LogP contribution is -2.34. The third-order valence-corrected chi connectivity index (χ3v) is 4.75. The lowest BCUT2D eigenvalue weighted by atomic mass is 9.93. The highest BCUT2D eigenvalue weighted by Gasteiger charge is 2.36. The molecule has 0 fully saturated rings. The molecule has 2 unspecified atom stereocenters. The summed E-state index contributed by atoms with van der Waals surface area (Å²) >= 11 is 0. The predicted molar refractivity (Wildman–Crippen MR) is 156 cm³/mol. The molecule has 8 N–H and O–H groups in total. The van der Waals surface area contributed by atoms with Gasteiger partial charge in [-0.2, -0.15) is 0 Å². The van der Waals surface area contributed by atoms with E-state index in [1.54, 1.807) is 12.1 Å².